The molecule has 1 aliphatic heterocycles. The Kier molecular flexibility index (Phi) is 4.04. The van der Waals surface area contributed by atoms with E-state index in [2.05, 4.69) is 49.1 Å². The Bertz CT molecular complexity index is 406. The summed E-state index contributed by atoms with van der Waals surface area (Å²) in [6, 6.07) is 13.1. The number of benzene rings is 1. The molecule has 0 radical (unpaired) electrons. The Morgan fingerprint density at radius 2 is 1.83 bits per heavy atom. The Balaban J connectivity index is 2.10. The molecule has 1 atom stereocenters. The molecule has 2 rings (SSSR count). The summed E-state index contributed by atoms with van der Waals surface area (Å²) in [6.07, 6.45) is 3.04. The molecule has 1 unspecified atom stereocenters. The van der Waals surface area contributed by atoms with Gasteiger partial charge in [0.15, 0.2) is 0 Å². The summed E-state index contributed by atoms with van der Waals surface area (Å²) < 4.78 is 0. The van der Waals surface area contributed by atoms with Crippen molar-refractivity contribution in [1.29, 1.82) is 5.26 Å². The van der Waals surface area contributed by atoms with E-state index in [9.17, 15) is 0 Å². The molecule has 96 valence electrons. The Hall–Kier alpha value is -1.33. The molecule has 1 aromatic carbocycles. The quantitative estimate of drug-likeness (QED) is 0.807. The first-order valence-electron chi connectivity index (χ1n) is 6.78. The van der Waals surface area contributed by atoms with E-state index in [-0.39, 0.29) is 6.04 Å². The molecule has 0 N–H and O–H groups in total. The van der Waals surface area contributed by atoms with Gasteiger partial charge in [0.25, 0.3) is 0 Å². The first-order valence-corrected chi connectivity index (χ1v) is 6.78. The lowest BCUT2D eigenvalue weighted by atomic mass is 9.82. The Labute approximate surface area is 110 Å². The van der Waals surface area contributed by atoms with Gasteiger partial charge < -0.3 is 0 Å². The predicted octanol–water partition coefficient (Wildman–Crippen LogP) is 3.76. The molecule has 2 nitrogen and oxygen atoms in total. The maximum Gasteiger partial charge on any atom is 0.0641 e. The standard InChI is InChI=1S/C16H22N2/c1-16(2)9-12-18(13-10-16)15(8-11-17)14-6-4-3-5-7-14/h3-7,15H,8-10,12-13H2,1-2H3. The number of hydrogen-bond donors (Lipinski definition) is 0. The molecule has 1 fully saturated rings. The number of rotatable bonds is 3. The summed E-state index contributed by atoms with van der Waals surface area (Å²) in [4.78, 5) is 2.48. The lowest BCUT2D eigenvalue weighted by molar-refractivity contribution is 0.0949. The zero-order chi connectivity index (χ0) is 13.0. The summed E-state index contributed by atoms with van der Waals surface area (Å²) in [5.74, 6) is 0. The number of nitriles is 1. The van der Waals surface area contributed by atoms with E-state index in [4.69, 9.17) is 5.26 Å². The van der Waals surface area contributed by atoms with E-state index in [0.29, 0.717) is 11.8 Å². The summed E-state index contributed by atoms with van der Waals surface area (Å²) >= 11 is 0. The third-order valence-corrected chi connectivity index (χ3v) is 4.06. The summed E-state index contributed by atoms with van der Waals surface area (Å²) in [5, 5.41) is 9.05. The number of hydrogen-bond acceptors (Lipinski definition) is 2. The highest BCUT2D eigenvalue weighted by Crippen LogP contribution is 2.34. The van der Waals surface area contributed by atoms with Gasteiger partial charge in [0.1, 0.15) is 0 Å². The summed E-state index contributed by atoms with van der Waals surface area (Å²) in [6.45, 7) is 6.89. The van der Waals surface area contributed by atoms with Gasteiger partial charge >= 0.3 is 0 Å². The Morgan fingerprint density at radius 3 is 2.39 bits per heavy atom. The van der Waals surface area contributed by atoms with E-state index < -0.39 is 0 Å². The minimum atomic E-state index is 0.271. The molecule has 0 aromatic heterocycles. The van der Waals surface area contributed by atoms with E-state index in [0.717, 1.165) is 13.1 Å². The van der Waals surface area contributed by atoms with E-state index in [1.165, 1.54) is 18.4 Å². The van der Waals surface area contributed by atoms with Crippen LogP contribution < -0.4 is 0 Å². The van der Waals surface area contributed by atoms with Crippen LogP contribution in [0.1, 0.15) is 44.7 Å². The van der Waals surface area contributed by atoms with Crippen LogP contribution in [0.15, 0.2) is 30.3 Å². The van der Waals surface area contributed by atoms with Crippen molar-refractivity contribution in [2.75, 3.05) is 13.1 Å². The van der Waals surface area contributed by atoms with Gasteiger partial charge in [0, 0.05) is 6.04 Å². The van der Waals surface area contributed by atoms with E-state index in [1.807, 2.05) is 6.07 Å². The number of likely N-dealkylation sites (tertiary alicyclic amines) is 1. The average Bonchev–Trinajstić information content (AvgIpc) is 2.38. The average molecular weight is 242 g/mol. The minimum absolute atomic E-state index is 0.271. The van der Waals surface area contributed by atoms with Crippen LogP contribution in [0.5, 0.6) is 0 Å². The largest absolute Gasteiger partial charge is 0.295 e. The Morgan fingerprint density at radius 1 is 1.22 bits per heavy atom. The topological polar surface area (TPSA) is 27.0 Å². The molecule has 18 heavy (non-hydrogen) atoms. The molecule has 2 heteroatoms. The zero-order valence-corrected chi connectivity index (χ0v) is 11.4. The fraction of sp³-hybridized carbons (Fsp3) is 0.562. The van der Waals surface area contributed by atoms with Gasteiger partial charge in [-0.1, -0.05) is 44.2 Å². The molecular formula is C16H22N2. The van der Waals surface area contributed by atoms with Gasteiger partial charge in [-0.05, 0) is 36.9 Å². The van der Waals surface area contributed by atoms with Crippen molar-refractivity contribution in [2.45, 2.75) is 39.2 Å². The normalized spacial score (nSPS) is 21.2. The molecule has 0 amide bonds. The van der Waals surface area contributed by atoms with Crippen LogP contribution in [0.25, 0.3) is 0 Å². The van der Waals surface area contributed by atoms with Gasteiger partial charge in [-0.25, -0.2) is 0 Å². The van der Waals surface area contributed by atoms with Gasteiger partial charge in [0.05, 0.1) is 12.5 Å². The predicted molar refractivity (Wildman–Crippen MR) is 74.0 cm³/mol. The monoisotopic (exact) mass is 242 g/mol. The maximum absolute atomic E-state index is 9.05. The van der Waals surface area contributed by atoms with E-state index in [1.54, 1.807) is 0 Å². The SMILES string of the molecule is CC1(C)CCN(C(CC#N)c2ccccc2)CC1. The maximum atomic E-state index is 9.05. The summed E-state index contributed by atoms with van der Waals surface area (Å²) in [5.41, 5.74) is 1.74. The van der Waals surface area contributed by atoms with Gasteiger partial charge in [0.2, 0.25) is 0 Å². The molecule has 1 aromatic rings. The smallest absolute Gasteiger partial charge is 0.0641 e. The lowest BCUT2D eigenvalue weighted by Gasteiger charge is -2.40. The van der Waals surface area contributed by atoms with Crippen molar-refractivity contribution >= 4 is 0 Å². The molecule has 0 aliphatic carbocycles. The van der Waals surface area contributed by atoms with Crippen LogP contribution in [0.4, 0.5) is 0 Å². The van der Waals surface area contributed by atoms with Crippen LogP contribution in [0.2, 0.25) is 0 Å². The second-order valence-electron chi connectivity index (χ2n) is 5.99. The highest BCUT2D eigenvalue weighted by molar-refractivity contribution is 5.20. The fourth-order valence-corrected chi connectivity index (χ4v) is 2.66. The summed E-state index contributed by atoms with van der Waals surface area (Å²) in [7, 11) is 0. The van der Waals surface area contributed by atoms with Gasteiger partial charge in [-0.2, -0.15) is 5.26 Å². The second kappa shape index (κ2) is 5.54. The van der Waals surface area contributed by atoms with Crippen molar-refractivity contribution in [2.24, 2.45) is 5.41 Å². The minimum Gasteiger partial charge on any atom is -0.295 e. The van der Waals surface area contributed by atoms with Gasteiger partial charge in [-0.3, -0.25) is 4.90 Å². The molecule has 0 spiro atoms. The van der Waals surface area contributed by atoms with Crippen molar-refractivity contribution in [3.63, 3.8) is 0 Å². The van der Waals surface area contributed by atoms with Crippen molar-refractivity contribution in [3.8, 4) is 6.07 Å². The van der Waals surface area contributed by atoms with Crippen LogP contribution >= 0.6 is 0 Å². The number of piperidine rings is 1. The third-order valence-electron chi connectivity index (χ3n) is 4.06. The van der Waals surface area contributed by atoms with Crippen LogP contribution in [0.3, 0.4) is 0 Å². The van der Waals surface area contributed by atoms with Crippen LogP contribution in [-0.4, -0.2) is 18.0 Å². The number of nitrogens with zero attached hydrogens (tertiary/aromatic N) is 2. The van der Waals surface area contributed by atoms with Crippen molar-refractivity contribution < 1.29 is 0 Å². The first kappa shape index (κ1) is 13.1. The molecule has 0 saturated carbocycles. The van der Waals surface area contributed by atoms with Crippen molar-refractivity contribution in [1.82, 2.24) is 4.90 Å². The third kappa shape index (κ3) is 3.11. The molecular weight excluding hydrogens is 220 g/mol. The molecule has 0 bridgehead atoms. The van der Waals surface area contributed by atoms with E-state index >= 15 is 0 Å². The van der Waals surface area contributed by atoms with Crippen LogP contribution in [0, 0.1) is 16.7 Å². The molecule has 1 heterocycles. The molecule has 1 aliphatic rings. The fourth-order valence-electron chi connectivity index (χ4n) is 2.66. The lowest BCUT2D eigenvalue weighted by Crippen LogP contribution is -2.39. The van der Waals surface area contributed by atoms with Gasteiger partial charge in [-0.15, -0.1) is 0 Å². The molecule has 1 saturated heterocycles. The highest BCUT2D eigenvalue weighted by Gasteiger charge is 2.29. The highest BCUT2D eigenvalue weighted by atomic mass is 15.2. The second-order valence-corrected chi connectivity index (χ2v) is 5.99. The first-order chi connectivity index (χ1) is 8.62. The van der Waals surface area contributed by atoms with Crippen molar-refractivity contribution in [3.05, 3.63) is 35.9 Å². The zero-order valence-electron chi connectivity index (χ0n) is 11.4. The van der Waals surface area contributed by atoms with Crippen LogP contribution in [-0.2, 0) is 0 Å².